The molecule has 3 aliphatic rings. The van der Waals surface area contributed by atoms with Gasteiger partial charge in [0.15, 0.2) is 0 Å². The molecule has 3 heterocycles. The number of hydrogen-bond acceptors (Lipinski definition) is 4. The molecule has 0 aromatic heterocycles. The summed E-state index contributed by atoms with van der Waals surface area (Å²) in [5.41, 5.74) is 0.820. The van der Waals surface area contributed by atoms with Crippen molar-refractivity contribution in [3.63, 3.8) is 0 Å². The minimum atomic E-state index is -0.675. The summed E-state index contributed by atoms with van der Waals surface area (Å²) in [5, 5.41) is 0. The first kappa shape index (κ1) is 19.7. The summed E-state index contributed by atoms with van der Waals surface area (Å²) in [5.74, 6) is 0.766. The van der Waals surface area contributed by atoms with Crippen molar-refractivity contribution in [2.24, 2.45) is 11.3 Å². The largest absolute Gasteiger partial charge is 0.497 e. The molecule has 1 aromatic carbocycles. The molecule has 0 unspecified atom stereocenters. The third-order valence-electron chi connectivity index (χ3n) is 6.82. The van der Waals surface area contributed by atoms with E-state index in [1.54, 1.807) is 31.1 Å². The SMILES string of the molecule is COc1ccc(C(=O)N2C[C@@H]3CN(C(C)=O)C[C@]3(C(=O)N3CCCC3)C2)c(C)c1. The fourth-order valence-electron chi connectivity index (χ4n) is 5.17. The predicted molar refractivity (Wildman–Crippen MR) is 108 cm³/mol. The first-order valence-electron chi connectivity index (χ1n) is 10.3. The molecular weight excluding hydrogens is 370 g/mol. The van der Waals surface area contributed by atoms with Crippen LogP contribution in [0, 0.1) is 18.3 Å². The molecule has 3 aliphatic heterocycles. The van der Waals surface area contributed by atoms with Crippen LogP contribution < -0.4 is 4.74 Å². The van der Waals surface area contributed by atoms with Crippen LogP contribution in [0.2, 0.25) is 0 Å². The molecule has 7 heteroatoms. The maximum Gasteiger partial charge on any atom is 0.254 e. The van der Waals surface area contributed by atoms with Crippen molar-refractivity contribution in [3.05, 3.63) is 29.3 Å². The summed E-state index contributed by atoms with van der Waals surface area (Å²) < 4.78 is 5.24. The van der Waals surface area contributed by atoms with Gasteiger partial charge in [-0.1, -0.05) is 0 Å². The van der Waals surface area contributed by atoms with Crippen molar-refractivity contribution < 1.29 is 19.1 Å². The van der Waals surface area contributed by atoms with Gasteiger partial charge >= 0.3 is 0 Å². The Hall–Kier alpha value is -2.57. The number of rotatable bonds is 3. The summed E-state index contributed by atoms with van der Waals surface area (Å²) in [6.45, 7) is 6.84. The third-order valence-corrected chi connectivity index (χ3v) is 6.82. The summed E-state index contributed by atoms with van der Waals surface area (Å²) in [6, 6.07) is 5.44. The standard InChI is InChI=1S/C22H29N3O4/c1-15-10-18(29-3)6-7-19(15)20(27)25-12-17-11-24(16(2)26)13-22(17,14-25)21(28)23-8-4-5-9-23/h6-7,10,17H,4-5,8-9,11-14H2,1-3H3/t17-,22-/m0/s1. The Morgan fingerprint density at radius 1 is 1.03 bits per heavy atom. The average molecular weight is 399 g/mol. The number of fused-ring (bicyclic) bond motifs is 1. The number of likely N-dealkylation sites (tertiary alicyclic amines) is 3. The fraction of sp³-hybridized carbons (Fsp3) is 0.591. The second kappa shape index (κ2) is 7.35. The Morgan fingerprint density at radius 2 is 1.69 bits per heavy atom. The second-order valence-corrected chi connectivity index (χ2v) is 8.62. The molecule has 29 heavy (non-hydrogen) atoms. The van der Waals surface area contributed by atoms with Crippen LogP contribution in [0.5, 0.6) is 5.75 Å². The zero-order valence-electron chi connectivity index (χ0n) is 17.4. The van der Waals surface area contributed by atoms with Crippen LogP contribution in [0.1, 0.15) is 35.7 Å². The Kier molecular flexibility index (Phi) is 5.00. The van der Waals surface area contributed by atoms with Gasteiger partial charge in [0.25, 0.3) is 5.91 Å². The maximum atomic E-state index is 13.5. The van der Waals surface area contributed by atoms with Crippen molar-refractivity contribution >= 4 is 17.7 Å². The van der Waals surface area contributed by atoms with Crippen LogP contribution in [0.15, 0.2) is 18.2 Å². The number of ether oxygens (including phenoxy) is 1. The normalized spacial score (nSPS) is 26.0. The van der Waals surface area contributed by atoms with E-state index in [0.717, 1.165) is 37.2 Å². The van der Waals surface area contributed by atoms with Gasteiger partial charge in [-0.15, -0.1) is 0 Å². The van der Waals surface area contributed by atoms with Gasteiger partial charge in [0.05, 0.1) is 12.5 Å². The van der Waals surface area contributed by atoms with Gasteiger partial charge in [0, 0.05) is 57.7 Å². The molecule has 0 saturated carbocycles. The lowest BCUT2D eigenvalue weighted by Crippen LogP contribution is -2.49. The van der Waals surface area contributed by atoms with Gasteiger partial charge in [-0.05, 0) is 43.5 Å². The lowest BCUT2D eigenvalue weighted by Gasteiger charge is -2.32. The van der Waals surface area contributed by atoms with Crippen molar-refractivity contribution in [1.29, 1.82) is 0 Å². The zero-order valence-corrected chi connectivity index (χ0v) is 17.4. The molecule has 0 spiro atoms. The van der Waals surface area contributed by atoms with E-state index < -0.39 is 5.41 Å². The highest BCUT2D eigenvalue weighted by molar-refractivity contribution is 5.97. The molecule has 1 aromatic rings. The number of nitrogens with zero attached hydrogens (tertiary/aromatic N) is 3. The first-order chi connectivity index (χ1) is 13.9. The Bertz CT molecular complexity index is 848. The van der Waals surface area contributed by atoms with E-state index in [-0.39, 0.29) is 23.6 Å². The lowest BCUT2D eigenvalue weighted by atomic mass is 9.79. The summed E-state index contributed by atoms with van der Waals surface area (Å²) in [7, 11) is 1.60. The summed E-state index contributed by atoms with van der Waals surface area (Å²) >= 11 is 0. The molecule has 0 N–H and O–H groups in total. The molecule has 0 bridgehead atoms. The first-order valence-corrected chi connectivity index (χ1v) is 10.3. The predicted octanol–water partition coefficient (Wildman–Crippen LogP) is 1.55. The maximum absolute atomic E-state index is 13.5. The molecule has 7 nitrogen and oxygen atoms in total. The van der Waals surface area contributed by atoms with Crippen LogP contribution >= 0.6 is 0 Å². The number of aryl methyl sites for hydroxylation is 1. The minimum Gasteiger partial charge on any atom is -0.497 e. The fourth-order valence-corrected chi connectivity index (χ4v) is 5.17. The summed E-state index contributed by atoms with van der Waals surface area (Å²) in [6.07, 6.45) is 2.05. The lowest BCUT2D eigenvalue weighted by molar-refractivity contribution is -0.141. The molecule has 156 valence electrons. The molecule has 0 radical (unpaired) electrons. The molecule has 3 fully saturated rings. The number of amides is 3. The van der Waals surface area contributed by atoms with Crippen LogP contribution in [0.3, 0.4) is 0 Å². The van der Waals surface area contributed by atoms with Crippen molar-refractivity contribution in [2.75, 3.05) is 46.4 Å². The summed E-state index contributed by atoms with van der Waals surface area (Å²) in [4.78, 5) is 44.3. The third kappa shape index (κ3) is 3.26. The Labute approximate surface area is 171 Å². The zero-order chi connectivity index (χ0) is 20.8. The van der Waals surface area contributed by atoms with E-state index >= 15 is 0 Å². The van der Waals surface area contributed by atoms with E-state index in [1.165, 1.54) is 0 Å². The molecule has 4 rings (SSSR count). The van der Waals surface area contributed by atoms with Crippen molar-refractivity contribution in [1.82, 2.24) is 14.7 Å². The minimum absolute atomic E-state index is 0.00290. The Balaban J connectivity index is 1.60. The van der Waals surface area contributed by atoms with E-state index in [1.807, 2.05) is 22.8 Å². The molecule has 3 saturated heterocycles. The number of benzene rings is 1. The van der Waals surface area contributed by atoms with Crippen LogP contribution in [-0.2, 0) is 9.59 Å². The highest BCUT2D eigenvalue weighted by atomic mass is 16.5. The quantitative estimate of drug-likeness (QED) is 0.773. The van der Waals surface area contributed by atoms with E-state index in [4.69, 9.17) is 4.74 Å². The van der Waals surface area contributed by atoms with E-state index in [0.29, 0.717) is 31.7 Å². The van der Waals surface area contributed by atoms with Gasteiger partial charge in [-0.3, -0.25) is 14.4 Å². The van der Waals surface area contributed by atoms with Crippen molar-refractivity contribution in [2.45, 2.75) is 26.7 Å². The monoisotopic (exact) mass is 399 g/mol. The van der Waals surface area contributed by atoms with Crippen LogP contribution in [0.25, 0.3) is 0 Å². The van der Waals surface area contributed by atoms with Gasteiger partial charge in [0.1, 0.15) is 5.75 Å². The number of methoxy groups -OCH3 is 1. The van der Waals surface area contributed by atoms with E-state index in [9.17, 15) is 14.4 Å². The molecule has 3 amide bonds. The van der Waals surface area contributed by atoms with Crippen LogP contribution in [0.4, 0.5) is 0 Å². The highest BCUT2D eigenvalue weighted by Gasteiger charge is 2.59. The molecule has 0 aliphatic carbocycles. The van der Waals surface area contributed by atoms with Gasteiger partial charge in [-0.25, -0.2) is 0 Å². The second-order valence-electron chi connectivity index (χ2n) is 8.62. The molecule has 2 atom stereocenters. The van der Waals surface area contributed by atoms with Gasteiger partial charge in [0.2, 0.25) is 11.8 Å². The topological polar surface area (TPSA) is 70.2 Å². The number of carbonyl (C=O) groups is 3. The smallest absolute Gasteiger partial charge is 0.254 e. The molecular formula is C22H29N3O4. The van der Waals surface area contributed by atoms with E-state index in [2.05, 4.69) is 0 Å². The Morgan fingerprint density at radius 3 is 2.31 bits per heavy atom. The van der Waals surface area contributed by atoms with Gasteiger partial charge < -0.3 is 19.4 Å². The van der Waals surface area contributed by atoms with Crippen LogP contribution in [-0.4, -0.2) is 78.8 Å². The number of hydrogen-bond donors (Lipinski definition) is 0. The average Bonchev–Trinajstić information content (AvgIpc) is 3.41. The van der Waals surface area contributed by atoms with Gasteiger partial charge in [-0.2, -0.15) is 0 Å². The number of carbonyl (C=O) groups excluding carboxylic acids is 3. The van der Waals surface area contributed by atoms with Crippen molar-refractivity contribution in [3.8, 4) is 5.75 Å². The highest BCUT2D eigenvalue weighted by Crippen LogP contribution is 2.45.